The number of hydrogen-bond acceptors (Lipinski definition) is 1. The molecular formula is C13H23NO. The van der Waals surface area contributed by atoms with Gasteiger partial charge in [0.05, 0.1) is 0 Å². The molecule has 1 saturated carbocycles. The lowest BCUT2D eigenvalue weighted by atomic mass is 9.91. The summed E-state index contributed by atoms with van der Waals surface area (Å²) in [7, 11) is 0. The third-order valence-electron chi connectivity index (χ3n) is 4.16. The monoisotopic (exact) mass is 209 g/mol. The molecule has 0 spiro atoms. The zero-order valence-electron chi connectivity index (χ0n) is 10.6. The van der Waals surface area contributed by atoms with E-state index in [0.717, 1.165) is 24.9 Å². The first-order chi connectivity index (χ1) is 6.72. The number of amides is 1. The van der Waals surface area contributed by atoms with Crippen molar-refractivity contribution in [3.63, 3.8) is 0 Å². The molecule has 0 aromatic carbocycles. The van der Waals surface area contributed by atoms with Crippen molar-refractivity contribution in [2.24, 2.45) is 22.7 Å². The van der Waals surface area contributed by atoms with Gasteiger partial charge in [-0.3, -0.25) is 4.79 Å². The van der Waals surface area contributed by atoms with E-state index in [2.05, 4.69) is 39.5 Å². The van der Waals surface area contributed by atoms with Crippen molar-refractivity contribution >= 4 is 5.91 Å². The Balaban J connectivity index is 1.87. The molecule has 2 atom stereocenters. The Hall–Kier alpha value is -0.530. The van der Waals surface area contributed by atoms with E-state index < -0.39 is 0 Å². The number of likely N-dealkylation sites (tertiary alicyclic amines) is 1. The van der Waals surface area contributed by atoms with E-state index in [-0.39, 0.29) is 5.41 Å². The highest BCUT2D eigenvalue weighted by atomic mass is 16.2. The molecular weight excluding hydrogens is 186 g/mol. The Kier molecular flexibility index (Phi) is 2.19. The largest absolute Gasteiger partial charge is 0.342 e. The lowest BCUT2D eigenvalue weighted by Crippen LogP contribution is -2.35. The van der Waals surface area contributed by atoms with Crippen LogP contribution in [0.3, 0.4) is 0 Å². The molecule has 0 aromatic heterocycles. The van der Waals surface area contributed by atoms with Crippen LogP contribution in [0.4, 0.5) is 0 Å². The van der Waals surface area contributed by atoms with Crippen LogP contribution in [-0.4, -0.2) is 23.9 Å². The summed E-state index contributed by atoms with van der Waals surface area (Å²) >= 11 is 0. The molecule has 1 saturated heterocycles. The molecule has 86 valence electrons. The van der Waals surface area contributed by atoms with Crippen LogP contribution in [0.15, 0.2) is 0 Å². The highest BCUT2D eigenvalue weighted by molar-refractivity contribution is 5.77. The van der Waals surface area contributed by atoms with Gasteiger partial charge < -0.3 is 4.90 Å². The first kappa shape index (κ1) is 11.0. The van der Waals surface area contributed by atoms with Crippen LogP contribution in [0.25, 0.3) is 0 Å². The van der Waals surface area contributed by atoms with Crippen LogP contribution in [-0.2, 0) is 4.79 Å². The smallest absolute Gasteiger partial charge is 0.223 e. The standard InChI is InChI=1S/C13H23NO/c1-12(2,3)6-11(15)14-7-9-10(8-14)13(9,4)5/h9-10H,6-8H2,1-5H3/t9-,10?/m0/s1. The highest BCUT2D eigenvalue weighted by Gasteiger charge is 2.62. The zero-order valence-corrected chi connectivity index (χ0v) is 10.6. The molecule has 15 heavy (non-hydrogen) atoms. The predicted octanol–water partition coefficient (Wildman–Crippen LogP) is 2.54. The summed E-state index contributed by atoms with van der Waals surface area (Å²) in [5.41, 5.74) is 0.637. The minimum atomic E-state index is 0.124. The Labute approximate surface area is 93.0 Å². The quantitative estimate of drug-likeness (QED) is 0.650. The maximum atomic E-state index is 12.0. The first-order valence-corrected chi connectivity index (χ1v) is 5.99. The Morgan fingerprint density at radius 2 is 1.73 bits per heavy atom. The van der Waals surface area contributed by atoms with E-state index >= 15 is 0 Å². The number of carbonyl (C=O) groups excluding carboxylic acids is 1. The van der Waals surface area contributed by atoms with Gasteiger partial charge in [0.15, 0.2) is 0 Å². The molecule has 1 aliphatic heterocycles. The Morgan fingerprint density at radius 1 is 1.27 bits per heavy atom. The van der Waals surface area contributed by atoms with E-state index in [0.29, 0.717) is 17.7 Å². The molecule has 1 unspecified atom stereocenters. The average molecular weight is 209 g/mol. The van der Waals surface area contributed by atoms with Crippen molar-refractivity contribution in [3.8, 4) is 0 Å². The van der Waals surface area contributed by atoms with Crippen LogP contribution in [0.2, 0.25) is 0 Å². The third-order valence-corrected chi connectivity index (χ3v) is 4.16. The second-order valence-corrected chi connectivity index (χ2v) is 7.07. The van der Waals surface area contributed by atoms with Crippen LogP contribution in [0, 0.1) is 22.7 Å². The van der Waals surface area contributed by atoms with E-state index in [9.17, 15) is 4.79 Å². The van der Waals surface area contributed by atoms with Crippen molar-refractivity contribution in [2.75, 3.05) is 13.1 Å². The number of piperidine rings is 1. The SMILES string of the molecule is CC(C)(C)CC(=O)N1CC2[C@H](C1)C2(C)C. The second kappa shape index (κ2) is 2.99. The maximum Gasteiger partial charge on any atom is 0.223 e. The van der Waals surface area contributed by atoms with Gasteiger partial charge in [-0.1, -0.05) is 34.6 Å². The van der Waals surface area contributed by atoms with E-state index in [4.69, 9.17) is 0 Å². The summed E-state index contributed by atoms with van der Waals surface area (Å²) in [6, 6.07) is 0. The highest BCUT2D eigenvalue weighted by Crippen LogP contribution is 2.62. The third kappa shape index (κ3) is 1.91. The van der Waals surface area contributed by atoms with Gasteiger partial charge >= 0.3 is 0 Å². The molecule has 1 aliphatic carbocycles. The summed E-state index contributed by atoms with van der Waals surface area (Å²) in [5, 5.41) is 0. The van der Waals surface area contributed by atoms with Crippen LogP contribution >= 0.6 is 0 Å². The zero-order chi connectivity index (χ0) is 11.4. The van der Waals surface area contributed by atoms with Gasteiger partial charge in [0.2, 0.25) is 5.91 Å². The van der Waals surface area contributed by atoms with Gasteiger partial charge in [-0.25, -0.2) is 0 Å². The van der Waals surface area contributed by atoms with Crippen molar-refractivity contribution in [1.82, 2.24) is 4.90 Å². The topological polar surface area (TPSA) is 20.3 Å². The fourth-order valence-corrected chi connectivity index (χ4v) is 2.90. The second-order valence-electron chi connectivity index (χ2n) is 7.07. The average Bonchev–Trinajstić information content (AvgIpc) is 2.47. The van der Waals surface area contributed by atoms with Crippen molar-refractivity contribution in [3.05, 3.63) is 0 Å². The van der Waals surface area contributed by atoms with E-state index in [1.807, 2.05) is 0 Å². The fraction of sp³-hybridized carbons (Fsp3) is 0.923. The van der Waals surface area contributed by atoms with Crippen LogP contribution in [0.1, 0.15) is 41.0 Å². The Bertz CT molecular complexity index is 273. The molecule has 2 nitrogen and oxygen atoms in total. The van der Waals surface area contributed by atoms with Gasteiger partial charge in [0.25, 0.3) is 0 Å². The molecule has 0 radical (unpaired) electrons. The van der Waals surface area contributed by atoms with Gasteiger partial charge in [-0.2, -0.15) is 0 Å². The summed E-state index contributed by atoms with van der Waals surface area (Å²) < 4.78 is 0. The van der Waals surface area contributed by atoms with E-state index in [1.165, 1.54) is 0 Å². The van der Waals surface area contributed by atoms with Crippen LogP contribution in [0.5, 0.6) is 0 Å². The fourth-order valence-electron chi connectivity index (χ4n) is 2.90. The summed E-state index contributed by atoms with van der Waals surface area (Å²) in [5.74, 6) is 1.91. The Morgan fingerprint density at radius 3 is 2.13 bits per heavy atom. The normalized spacial score (nSPS) is 32.7. The van der Waals surface area contributed by atoms with Crippen LogP contribution < -0.4 is 0 Å². The molecule has 0 N–H and O–H groups in total. The minimum absolute atomic E-state index is 0.124. The molecule has 2 aliphatic rings. The number of fused-ring (bicyclic) bond motifs is 1. The van der Waals surface area contributed by atoms with Gasteiger partial charge in [0.1, 0.15) is 0 Å². The van der Waals surface area contributed by atoms with Gasteiger partial charge in [-0.05, 0) is 22.7 Å². The molecule has 1 amide bonds. The van der Waals surface area contributed by atoms with Gasteiger partial charge in [-0.15, -0.1) is 0 Å². The lowest BCUT2D eigenvalue weighted by Gasteiger charge is -2.26. The summed E-state index contributed by atoms with van der Waals surface area (Å²) in [6.07, 6.45) is 0.687. The minimum Gasteiger partial charge on any atom is -0.342 e. The van der Waals surface area contributed by atoms with Crippen molar-refractivity contribution < 1.29 is 4.79 Å². The number of carbonyl (C=O) groups is 1. The molecule has 0 bridgehead atoms. The summed E-state index contributed by atoms with van der Waals surface area (Å²) in [6.45, 7) is 13.1. The summed E-state index contributed by atoms with van der Waals surface area (Å²) in [4.78, 5) is 14.0. The first-order valence-electron chi connectivity index (χ1n) is 5.99. The van der Waals surface area contributed by atoms with Crippen molar-refractivity contribution in [2.45, 2.75) is 41.0 Å². The molecule has 1 heterocycles. The molecule has 2 rings (SSSR count). The predicted molar refractivity (Wildman–Crippen MR) is 61.4 cm³/mol. The molecule has 2 fully saturated rings. The number of nitrogens with zero attached hydrogens (tertiary/aromatic N) is 1. The lowest BCUT2D eigenvalue weighted by molar-refractivity contribution is -0.132. The number of hydrogen-bond donors (Lipinski definition) is 0. The molecule has 0 aromatic rings. The molecule has 2 heteroatoms. The maximum absolute atomic E-state index is 12.0. The number of rotatable bonds is 1. The van der Waals surface area contributed by atoms with Crippen molar-refractivity contribution in [1.29, 1.82) is 0 Å². The van der Waals surface area contributed by atoms with Gasteiger partial charge in [0, 0.05) is 19.5 Å². The van der Waals surface area contributed by atoms with E-state index in [1.54, 1.807) is 0 Å².